The van der Waals surface area contributed by atoms with Crippen LogP contribution >= 0.6 is 0 Å². The first-order chi connectivity index (χ1) is 13.2. The second-order valence-corrected chi connectivity index (χ2v) is 5.65. The van der Waals surface area contributed by atoms with E-state index in [1.807, 2.05) is 60.7 Å². The number of hydrogen-bond acceptors (Lipinski definition) is 7. The van der Waals surface area contributed by atoms with Crippen molar-refractivity contribution in [3.8, 4) is 5.82 Å². The molecule has 9 heteroatoms. The minimum absolute atomic E-state index is 0.109. The molecule has 0 amide bonds. The molecule has 2 heterocycles. The maximum Gasteiger partial charge on any atom is 0.348 e. The van der Waals surface area contributed by atoms with Crippen LogP contribution in [0.5, 0.6) is 0 Å². The first-order valence-electron chi connectivity index (χ1n) is 8.16. The van der Waals surface area contributed by atoms with Gasteiger partial charge in [0, 0.05) is 17.4 Å². The van der Waals surface area contributed by atoms with Gasteiger partial charge in [0.05, 0.1) is 0 Å². The van der Waals surface area contributed by atoms with Crippen LogP contribution in [0.2, 0.25) is 0 Å². The molecule has 0 atom stereocenters. The summed E-state index contributed by atoms with van der Waals surface area (Å²) in [6.45, 7) is 0. The number of anilines is 5. The van der Waals surface area contributed by atoms with E-state index in [1.54, 1.807) is 6.07 Å². The van der Waals surface area contributed by atoms with Crippen molar-refractivity contribution in [2.45, 2.75) is 0 Å². The Balaban J connectivity index is 1.64. The molecule has 0 aliphatic carbocycles. The van der Waals surface area contributed by atoms with Gasteiger partial charge in [0.1, 0.15) is 5.82 Å². The number of nitrogens with two attached hydrogens (primary N) is 1. The van der Waals surface area contributed by atoms with Crippen LogP contribution in [0.25, 0.3) is 5.82 Å². The summed E-state index contributed by atoms with van der Waals surface area (Å²) in [6.07, 6.45) is 0. The predicted octanol–water partition coefficient (Wildman–Crippen LogP) is 2.42. The first-order valence-corrected chi connectivity index (χ1v) is 8.16. The summed E-state index contributed by atoms with van der Waals surface area (Å²) in [5.41, 5.74) is 7.07. The Kier molecular flexibility index (Phi) is 4.24. The van der Waals surface area contributed by atoms with Crippen molar-refractivity contribution in [3.05, 3.63) is 77.2 Å². The molecular weight excluding hydrogens is 344 g/mol. The fraction of sp³-hybridized carbons (Fsp3) is 0. The van der Waals surface area contributed by atoms with Crippen LogP contribution < -0.4 is 22.1 Å². The van der Waals surface area contributed by atoms with E-state index in [9.17, 15) is 4.79 Å². The molecule has 0 fully saturated rings. The SMILES string of the molecule is Nc1nc(Nc2ccccc2)nn1-c1cc(Nc2ccccc2)[nH]c(=O)n1. The van der Waals surface area contributed by atoms with Gasteiger partial charge in [0.25, 0.3) is 0 Å². The topological polar surface area (TPSA) is 127 Å². The number of nitrogen functional groups attached to an aromatic ring is 1. The molecule has 0 unspecified atom stereocenters. The Morgan fingerprint density at radius 1 is 0.889 bits per heavy atom. The Labute approximate surface area is 153 Å². The van der Waals surface area contributed by atoms with Gasteiger partial charge >= 0.3 is 5.69 Å². The van der Waals surface area contributed by atoms with E-state index < -0.39 is 5.69 Å². The van der Waals surface area contributed by atoms with Crippen molar-refractivity contribution >= 4 is 29.1 Å². The standard InChI is InChI=1S/C18H16N8O/c19-16-24-17(21-13-9-5-2-6-10-13)25-26(16)15-11-14(22-18(27)23-15)20-12-7-3-1-4-8-12/h1-11H,(H3,19,21,24,25)(H2,20,22,23,27). The number of rotatable bonds is 5. The van der Waals surface area contributed by atoms with E-state index in [2.05, 4.69) is 30.7 Å². The van der Waals surface area contributed by atoms with E-state index in [-0.39, 0.29) is 11.8 Å². The van der Waals surface area contributed by atoms with E-state index in [4.69, 9.17) is 5.73 Å². The fourth-order valence-electron chi connectivity index (χ4n) is 2.49. The molecule has 2 aromatic carbocycles. The average Bonchev–Trinajstić information content (AvgIpc) is 3.03. The summed E-state index contributed by atoms with van der Waals surface area (Å²) < 4.78 is 1.30. The van der Waals surface area contributed by atoms with Gasteiger partial charge in [-0.1, -0.05) is 36.4 Å². The number of para-hydroxylation sites is 2. The highest BCUT2D eigenvalue weighted by Crippen LogP contribution is 2.18. The maximum atomic E-state index is 12.0. The van der Waals surface area contributed by atoms with Crippen LogP contribution in [-0.4, -0.2) is 24.7 Å². The summed E-state index contributed by atoms with van der Waals surface area (Å²) in [7, 11) is 0. The lowest BCUT2D eigenvalue weighted by Crippen LogP contribution is -2.17. The lowest BCUT2D eigenvalue weighted by Gasteiger charge is -2.07. The number of hydrogen-bond donors (Lipinski definition) is 4. The van der Waals surface area contributed by atoms with Gasteiger partial charge in [0.2, 0.25) is 11.9 Å². The number of aromatic nitrogens is 5. The van der Waals surface area contributed by atoms with Crippen LogP contribution in [0.1, 0.15) is 0 Å². The van der Waals surface area contributed by atoms with Crippen LogP contribution in [0, 0.1) is 0 Å². The third-order valence-corrected chi connectivity index (χ3v) is 3.66. The second kappa shape index (κ2) is 7.00. The quantitative estimate of drug-likeness (QED) is 0.430. The van der Waals surface area contributed by atoms with Gasteiger partial charge < -0.3 is 16.4 Å². The number of aromatic amines is 1. The van der Waals surface area contributed by atoms with E-state index in [1.165, 1.54) is 4.68 Å². The average molecular weight is 360 g/mol. The van der Waals surface area contributed by atoms with Gasteiger partial charge in [0.15, 0.2) is 5.82 Å². The zero-order chi connectivity index (χ0) is 18.6. The maximum absolute atomic E-state index is 12.0. The van der Waals surface area contributed by atoms with Gasteiger partial charge in [-0.15, -0.1) is 5.10 Å². The van der Waals surface area contributed by atoms with Gasteiger partial charge in [-0.3, -0.25) is 4.98 Å². The lowest BCUT2D eigenvalue weighted by atomic mass is 10.3. The molecular formula is C18H16N8O. The highest BCUT2D eigenvalue weighted by molar-refractivity contribution is 5.58. The molecule has 4 rings (SSSR count). The molecule has 0 saturated carbocycles. The Bertz CT molecular complexity index is 1110. The number of nitrogens with zero attached hydrogens (tertiary/aromatic N) is 4. The highest BCUT2D eigenvalue weighted by atomic mass is 16.1. The third kappa shape index (κ3) is 3.76. The van der Waals surface area contributed by atoms with Crippen molar-refractivity contribution in [1.82, 2.24) is 24.7 Å². The van der Waals surface area contributed by atoms with Crippen molar-refractivity contribution < 1.29 is 0 Å². The zero-order valence-corrected chi connectivity index (χ0v) is 14.1. The van der Waals surface area contributed by atoms with Crippen LogP contribution in [0.15, 0.2) is 71.5 Å². The molecule has 0 saturated heterocycles. The molecule has 0 radical (unpaired) electrons. The molecule has 0 aliphatic heterocycles. The molecule has 0 bridgehead atoms. The van der Waals surface area contributed by atoms with Crippen molar-refractivity contribution in [1.29, 1.82) is 0 Å². The minimum Gasteiger partial charge on any atom is -0.368 e. The monoisotopic (exact) mass is 360 g/mol. The highest BCUT2D eigenvalue weighted by Gasteiger charge is 2.12. The van der Waals surface area contributed by atoms with E-state index in [0.717, 1.165) is 11.4 Å². The zero-order valence-electron chi connectivity index (χ0n) is 14.1. The van der Waals surface area contributed by atoms with Crippen LogP contribution in [-0.2, 0) is 0 Å². The van der Waals surface area contributed by atoms with Crippen molar-refractivity contribution in [2.75, 3.05) is 16.4 Å². The van der Waals surface area contributed by atoms with Crippen LogP contribution in [0.4, 0.5) is 29.1 Å². The predicted molar refractivity (Wildman–Crippen MR) is 104 cm³/mol. The Hall–Kier alpha value is -4.14. The number of H-pyrrole nitrogens is 1. The van der Waals surface area contributed by atoms with E-state index in [0.29, 0.717) is 11.8 Å². The smallest absolute Gasteiger partial charge is 0.348 e. The normalized spacial score (nSPS) is 10.5. The summed E-state index contributed by atoms with van der Waals surface area (Å²) in [5, 5.41) is 10.5. The van der Waals surface area contributed by atoms with Crippen LogP contribution in [0.3, 0.4) is 0 Å². The summed E-state index contributed by atoms with van der Waals surface area (Å²) in [6, 6.07) is 20.5. The first kappa shape index (κ1) is 16.3. The number of benzene rings is 2. The Morgan fingerprint density at radius 2 is 1.52 bits per heavy atom. The van der Waals surface area contributed by atoms with Crippen molar-refractivity contribution in [3.63, 3.8) is 0 Å². The van der Waals surface area contributed by atoms with Crippen molar-refractivity contribution in [2.24, 2.45) is 0 Å². The second-order valence-electron chi connectivity index (χ2n) is 5.65. The summed E-state index contributed by atoms with van der Waals surface area (Å²) in [5.74, 6) is 1.13. The van der Waals surface area contributed by atoms with E-state index >= 15 is 0 Å². The molecule has 4 aromatic rings. The molecule has 2 aromatic heterocycles. The van der Waals surface area contributed by atoms with Gasteiger partial charge in [-0.2, -0.15) is 14.6 Å². The molecule has 0 aliphatic rings. The lowest BCUT2D eigenvalue weighted by molar-refractivity contribution is 0.841. The van der Waals surface area contributed by atoms with Gasteiger partial charge in [-0.05, 0) is 24.3 Å². The van der Waals surface area contributed by atoms with Gasteiger partial charge in [-0.25, -0.2) is 4.79 Å². The largest absolute Gasteiger partial charge is 0.368 e. The Morgan fingerprint density at radius 3 is 2.19 bits per heavy atom. The summed E-state index contributed by atoms with van der Waals surface area (Å²) >= 11 is 0. The molecule has 0 spiro atoms. The molecule has 9 nitrogen and oxygen atoms in total. The molecule has 27 heavy (non-hydrogen) atoms. The molecule has 5 N–H and O–H groups in total. The number of nitrogens with one attached hydrogen (secondary N) is 3. The molecule has 134 valence electrons. The fourth-order valence-corrected chi connectivity index (χ4v) is 2.49. The minimum atomic E-state index is -0.529. The summed E-state index contributed by atoms with van der Waals surface area (Å²) in [4.78, 5) is 22.7. The third-order valence-electron chi connectivity index (χ3n) is 3.66.